The zero-order valence-electron chi connectivity index (χ0n) is 15.8. The van der Waals surface area contributed by atoms with Crippen LogP contribution in [0.5, 0.6) is 0 Å². The Labute approximate surface area is 183 Å². The summed E-state index contributed by atoms with van der Waals surface area (Å²) in [7, 11) is 0. The average molecular weight is 469 g/mol. The molecule has 3 aromatic rings. The van der Waals surface area contributed by atoms with Gasteiger partial charge in [-0.25, -0.2) is 0 Å². The van der Waals surface area contributed by atoms with Crippen molar-refractivity contribution < 1.29 is 9.90 Å². The molecule has 3 aromatic carbocycles. The van der Waals surface area contributed by atoms with E-state index in [2.05, 4.69) is 15.9 Å². The van der Waals surface area contributed by atoms with Gasteiger partial charge in [0, 0.05) is 21.6 Å². The van der Waals surface area contributed by atoms with E-state index < -0.39 is 6.04 Å². The maximum atomic E-state index is 13.1. The highest BCUT2D eigenvalue weighted by Crippen LogP contribution is 2.44. The SMILES string of the molecule is Cc1ccc(C2=C(O)C(=O)N(Cc3ccc(Cl)cc3)[C@@H]2c2cccc(Br)c2)cc1. The Kier molecular flexibility index (Phi) is 5.48. The molecule has 1 aliphatic rings. The zero-order chi connectivity index (χ0) is 20.5. The lowest BCUT2D eigenvalue weighted by atomic mass is 9.93. The van der Waals surface area contributed by atoms with Crippen molar-refractivity contribution in [2.45, 2.75) is 19.5 Å². The number of amides is 1. The van der Waals surface area contributed by atoms with Crippen LogP contribution in [0.15, 0.2) is 83.0 Å². The molecule has 0 aliphatic carbocycles. The van der Waals surface area contributed by atoms with Crippen molar-refractivity contribution in [1.29, 1.82) is 0 Å². The molecule has 29 heavy (non-hydrogen) atoms. The van der Waals surface area contributed by atoms with E-state index in [9.17, 15) is 9.90 Å². The summed E-state index contributed by atoms with van der Waals surface area (Å²) in [6.45, 7) is 2.38. The van der Waals surface area contributed by atoms with Gasteiger partial charge in [0.05, 0.1) is 6.04 Å². The second-order valence-electron chi connectivity index (χ2n) is 7.15. The van der Waals surface area contributed by atoms with Crippen LogP contribution < -0.4 is 0 Å². The molecule has 0 spiro atoms. The van der Waals surface area contributed by atoms with Gasteiger partial charge in [-0.05, 0) is 47.9 Å². The van der Waals surface area contributed by atoms with E-state index in [1.165, 1.54) is 0 Å². The van der Waals surface area contributed by atoms with Crippen LogP contribution in [0, 0.1) is 6.92 Å². The lowest BCUT2D eigenvalue weighted by Gasteiger charge is -2.27. The molecular formula is C24H19BrClNO2. The molecule has 0 fully saturated rings. The lowest BCUT2D eigenvalue weighted by Crippen LogP contribution is -2.29. The highest BCUT2D eigenvalue weighted by Gasteiger charge is 2.41. The highest BCUT2D eigenvalue weighted by atomic mass is 79.9. The van der Waals surface area contributed by atoms with E-state index in [0.717, 1.165) is 26.7 Å². The lowest BCUT2D eigenvalue weighted by molar-refractivity contribution is -0.130. The van der Waals surface area contributed by atoms with E-state index in [1.54, 1.807) is 17.0 Å². The Hall–Kier alpha value is -2.56. The molecule has 1 aliphatic heterocycles. The topological polar surface area (TPSA) is 40.5 Å². The van der Waals surface area contributed by atoms with Crippen LogP contribution in [0.2, 0.25) is 5.02 Å². The Morgan fingerprint density at radius 3 is 2.38 bits per heavy atom. The molecule has 1 atom stereocenters. The molecule has 146 valence electrons. The number of carbonyl (C=O) groups excluding carboxylic acids is 1. The molecule has 1 amide bonds. The summed E-state index contributed by atoms with van der Waals surface area (Å²) >= 11 is 9.53. The number of rotatable bonds is 4. The van der Waals surface area contributed by atoms with Gasteiger partial charge < -0.3 is 10.0 Å². The second kappa shape index (κ2) is 8.05. The van der Waals surface area contributed by atoms with Gasteiger partial charge in [0.25, 0.3) is 5.91 Å². The van der Waals surface area contributed by atoms with E-state index >= 15 is 0 Å². The normalized spacial score (nSPS) is 16.6. The maximum absolute atomic E-state index is 13.1. The third kappa shape index (κ3) is 3.96. The van der Waals surface area contributed by atoms with Crippen LogP contribution in [0.25, 0.3) is 5.57 Å². The predicted octanol–water partition coefficient (Wildman–Crippen LogP) is 6.46. The smallest absolute Gasteiger partial charge is 0.290 e. The molecule has 4 rings (SSSR count). The third-order valence-corrected chi connectivity index (χ3v) is 5.84. The summed E-state index contributed by atoms with van der Waals surface area (Å²) in [6.07, 6.45) is 0. The first-order chi connectivity index (χ1) is 13.9. The molecule has 0 unspecified atom stereocenters. The first kappa shape index (κ1) is 19.7. The quantitative estimate of drug-likeness (QED) is 0.477. The van der Waals surface area contributed by atoms with E-state index in [0.29, 0.717) is 17.1 Å². The predicted molar refractivity (Wildman–Crippen MR) is 120 cm³/mol. The molecule has 0 saturated carbocycles. The number of carbonyl (C=O) groups is 1. The van der Waals surface area contributed by atoms with E-state index in [1.807, 2.05) is 67.6 Å². The van der Waals surface area contributed by atoms with Crippen molar-refractivity contribution in [1.82, 2.24) is 4.90 Å². The number of aliphatic hydroxyl groups is 1. The van der Waals surface area contributed by atoms with Crippen molar-refractivity contribution in [2.24, 2.45) is 0 Å². The van der Waals surface area contributed by atoms with Gasteiger partial charge in [-0.15, -0.1) is 0 Å². The molecular weight excluding hydrogens is 450 g/mol. The molecule has 5 heteroatoms. The number of nitrogens with zero attached hydrogens (tertiary/aromatic N) is 1. The second-order valence-corrected chi connectivity index (χ2v) is 8.50. The number of hydrogen-bond donors (Lipinski definition) is 1. The summed E-state index contributed by atoms with van der Waals surface area (Å²) in [5, 5.41) is 11.5. The monoisotopic (exact) mass is 467 g/mol. The molecule has 0 aromatic heterocycles. The fourth-order valence-electron chi connectivity index (χ4n) is 3.65. The van der Waals surface area contributed by atoms with Crippen LogP contribution >= 0.6 is 27.5 Å². The standard InChI is InChI=1S/C24H19BrClNO2/c1-15-5-9-17(10-6-15)21-22(18-3-2-4-19(25)13-18)27(24(29)23(21)28)14-16-7-11-20(26)12-8-16/h2-13,22,28H,14H2,1H3/t22-/m1/s1. The Morgan fingerprint density at radius 2 is 1.72 bits per heavy atom. The van der Waals surface area contributed by atoms with Crippen LogP contribution in [-0.2, 0) is 11.3 Å². The number of aliphatic hydroxyl groups excluding tert-OH is 1. The largest absolute Gasteiger partial charge is 0.503 e. The van der Waals surface area contributed by atoms with Gasteiger partial charge in [0.15, 0.2) is 5.76 Å². The Bertz CT molecular complexity index is 1090. The number of aryl methyl sites for hydroxylation is 1. The molecule has 0 saturated heterocycles. The number of benzene rings is 3. The van der Waals surface area contributed by atoms with Crippen molar-refractivity contribution in [3.05, 3.63) is 110 Å². The molecule has 0 bridgehead atoms. The third-order valence-electron chi connectivity index (χ3n) is 5.10. The van der Waals surface area contributed by atoms with Gasteiger partial charge >= 0.3 is 0 Å². The van der Waals surface area contributed by atoms with Crippen molar-refractivity contribution in [3.63, 3.8) is 0 Å². The fraction of sp³-hybridized carbons (Fsp3) is 0.125. The Morgan fingerprint density at radius 1 is 1.03 bits per heavy atom. The van der Waals surface area contributed by atoms with Crippen LogP contribution in [0.3, 0.4) is 0 Å². The van der Waals surface area contributed by atoms with Crippen molar-refractivity contribution in [2.75, 3.05) is 0 Å². The van der Waals surface area contributed by atoms with Crippen LogP contribution in [0.4, 0.5) is 0 Å². The number of halogens is 2. The molecule has 0 radical (unpaired) electrons. The minimum absolute atomic E-state index is 0.201. The minimum Gasteiger partial charge on any atom is -0.503 e. The summed E-state index contributed by atoms with van der Waals surface area (Å²) in [5.74, 6) is -0.576. The van der Waals surface area contributed by atoms with Gasteiger partial charge in [-0.2, -0.15) is 0 Å². The van der Waals surface area contributed by atoms with E-state index in [-0.39, 0.29) is 11.7 Å². The van der Waals surface area contributed by atoms with Gasteiger partial charge in [0.2, 0.25) is 0 Å². The van der Waals surface area contributed by atoms with Crippen molar-refractivity contribution in [3.8, 4) is 0 Å². The van der Waals surface area contributed by atoms with Gasteiger partial charge in [0.1, 0.15) is 0 Å². The molecule has 1 heterocycles. The zero-order valence-corrected chi connectivity index (χ0v) is 18.1. The van der Waals surface area contributed by atoms with E-state index in [4.69, 9.17) is 11.6 Å². The summed E-state index contributed by atoms with van der Waals surface area (Å²) < 4.78 is 0.920. The first-order valence-electron chi connectivity index (χ1n) is 9.25. The maximum Gasteiger partial charge on any atom is 0.290 e. The molecule has 3 nitrogen and oxygen atoms in total. The minimum atomic E-state index is -0.390. The summed E-state index contributed by atoms with van der Waals surface area (Å²) in [5.41, 5.74) is 4.46. The average Bonchev–Trinajstić information content (AvgIpc) is 2.95. The summed E-state index contributed by atoms with van der Waals surface area (Å²) in [6, 6.07) is 22.7. The Balaban J connectivity index is 1.81. The van der Waals surface area contributed by atoms with Gasteiger partial charge in [-0.3, -0.25) is 4.79 Å². The van der Waals surface area contributed by atoms with Gasteiger partial charge in [-0.1, -0.05) is 81.6 Å². The fourth-order valence-corrected chi connectivity index (χ4v) is 4.20. The van der Waals surface area contributed by atoms with Crippen LogP contribution in [0.1, 0.15) is 28.3 Å². The highest BCUT2D eigenvalue weighted by molar-refractivity contribution is 9.10. The first-order valence-corrected chi connectivity index (χ1v) is 10.4. The number of hydrogen-bond acceptors (Lipinski definition) is 2. The summed E-state index contributed by atoms with van der Waals surface area (Å²) in [4.78, 5) is 14.8. The van der Waals surface area contributed by atoms with Crippen LogP contribution in [-0.4, -0.2) is 15.9 Å². The van der Waals surface area contributed by atoms with Crippen molar-refractivity contribution >= 4 is 39.0 Å². The molecule has 1 N–H and O–H groups in total.